The lowest BCUT2D eigenvalue weighted by Gasteiger charge is -2.41. The lowest BCUT2D eigenvalue weighted by Crippen LogP contribution is -3.00. The van der Waals surface area contributed by atoms with E-state index in [1.165, 1.54) is 6.42 Å². The van der Waals surface area contributed by atoms with Crippen LogP contribution in [-0.4, -0.2) is 61.7 Å². The molecule has 2 aromatic carbocycles. The van der Waals surface area contributed by atoms with Crippen molar-refractivity contribution in [1.29, 1.82) is 0 Å². The summed E-state index contributed by atoms with van der Waals surface area (Å²) < 4.78 is 18.5. The topological polar surface area (TPSA) is 73.9 Å². The zero-order valence-corrected chi connectivity index (χ0v) is 26.5. The maximum atomic E-state index is 13.2. The summed E-state index contributed by atoms with van der Waals surface area (Å²) in [6, 6.07) is 18.0. The van der Waals surface area contributed by atoms with E-state index in [1.54, 1.807) is 0 Å². The largest absolute Gasteiger partial charge is 1.00 e. The van der Waals surface area contributed by atoms with Crippen LogP contribution in [0.25, 0.3) is 0 Å². The van der Waals surface area contributed by atoms with E-state index in [-0.39, 0.29) is 36.9 Å². The van der Waals surface area contributed by atoms with E-state index < -0.39 is 17.6 Å². The summed E-state index contributed by atoms with van der Waals surface area (Å²) in [6.07, 6.45) is 2.61. The number of nitrogens with one attached hydrogen (secondary N) is 1. The van der Waals surface area contributed by atoms with Crippen LogP contribution >= 0.6 is 11.6 Å². The van der Waals surface area contributed by atoms with Crippen molar-refractivity contribution in [3.63, 3.8) is 0 Å². The number of alkyl carbamates (subject to hydrolysis) is 1. The third-order valence-corrected chi connectivity index (χ3v) is 7.60. The summed E-state index contributed by atoms with van der Waals surface area (Å²) in [6.45, 7) is 13.0. The molecule has 0 bridgehead atoms. The number of esters is 1. The Morgan fingerprint density at radius 2 is 1.56 bits per heavy atom. The Morgan fingerprint density at radius 3 is 2.15 bits per heavy atom. The molecule has 0 saturated carbocycles. The predicted molar refractivity (Wildman–Crippen MR) is 158 cm³/mol. The number of ether oxygens (including phenoxy) is 3. The molecule has 1 heterocycles. The molecule has 2 atom stereocenters. The highest BCUT2D eigenvalue weighted by Crippen LogP contribution is 2.28. The molecule has 1 saturated heterocycles. The van der Waals surface area contributed by atoms with Crippen LogP contribution in [0.2, 0.25) is 5.02 Å². The van der Waals surface area contributed by atoms with Gasteiger partial charge in [-0.2, -0.15) is 0 Å². The van der Waals surface area contributed by atoms with Crippen molar-refractivity contribution in [2.75, 3.05) is 39.5 Å². The number of benzene rings is 2. The van der Waals surface area contributed by atoms with E-state index in [0.29, 0.717) is 22.8 Å². The molecule has 228 valence electrons. The molecule has 9 heteroatoms. The second-order valence-corrected chi connectivity index (χ2v) is 12.5. The minimum Gasteiger partial charge on any atom is -1.00 e. The Bertz CT molecular complexity index is 1070. The Morgan fingerprint density at radius 1 is 0.951 bits per heavy atom. The quantitative estimate of drug-likeness (QED) is 0.293. The van der Waals surface area contributed by atoms with Crippen LogP contribution in [0.3, 0.4) is 0 Å². The number of carbonyl (C=O) groups excluding carboxylic acids is 2. The summed E-state index contributed by atoms with van der Waals surface area (Å²) in [5.74, 6) is -0.745. The highest BCUT2D eigenvalue weighted by atomic mass is 35.5. The zero-order chi connectivity index (χ0) is 29.2. The van der Waals surface area contributed by atoms with Crippen molar-refractivity contribution in [3.05, 3.63) is 70.7 Å². The first-order valence-electron chi connectivity index (χ1n) is 14.4. The maximum Gasteiger partial charge on any atom is 0.407 e. The van der Waals surface area contributed by atoms with Gasteiger partial charge in [0, 0.05) is 11.6 Å². The first kappa shape index (κ1) is 34.9. The van der Waals surface area contributed by atoms with Crippen molar-refractivity contribution >= 4 is 23.7 Å². The monoisotopic (exact) mass is 608 g/mol. The maximum absolute atomic E-state index is 13.2. The SMILES string of the molecule is CC(C)C(CNC(=O)OC(C)(C)C)C(=O)OC[N+]1(CCOC(c2ccccc2)c2ccc(Cl)cc2)CCCCC1.[Cl-]. The van der Waals surface area contributed by atoms with Crippen LogP contribution in [0.1, 0.15) is 71.1 Å². The molecule has 1 amide bonds. The Labute approximate surface area is 256 Å². The minimum atomic E-state index is -0.599. The summed E-state index contributed by atoms with van der Waals surface area (Å²) in [7, 11) is 0. The van der Waals surface area contributed by atoms with Gasteiger partial charge in [0.05, 0.1) is 25.6 Å². The average Bonchev–Trinajstić information content (AvgIpc) is 2.91. The number of likely N-dealkylation sites (tertiary alicyclic amines) is 1. The van der Waals surface area contributed by atoms with Crippen LogP contribution in [0, 0.1) is 11.8 Å². The van der Waals surface area contributed by atoms with E-state index in [2.05, 4.69) is 17.4 Å². The highest BCUT2D eigenvalue weighted by Gasteiger charge is 2.34. The van der Waals surface area contributed by atoms with Crippen molar-refractivity contribution in [3.8, 4) is 0 Å². The molecule has 3 rings (SSSR count). The number of carbonyl (C=O) groups is 2. The Hall–Kier alpha value is -2.32. The number of rotatable bonds is 12. The number of amides is 1. The molecule has 1 aliphatic heterocycles. The fourth-order valence-corrected chi connectivity index (χ4v) is 5.15. The molecule has 1 fully saturated rings. The molecule has 1 aliphatic rings. The second kappa shape index (κ2) is 16.4. The van der Waals surface area contributed by atoms with Crippen LogP contribution in [0.4, 0.5) is 4.79 Å². The number of hydrogen-bond acceptors (Lipinski definition) is 5. The first-order valence-corrected chi connectivity index (χ1v) is 14.8. The van der Waals surface area contributed by atoms with Gasteiger partial charge in [-0.15, -0.1) is 0 Å². The Balaban J connectivity index is 0.00000588. The van der Waals surface area contributed by atoms with Gasteiger partial charge < -0.3 is 31.9 Å². The van der Waals surface area contributed by atoms with Gasteiger partial charge >= 0.3 is 12.1 Å². The normalized spacial score (nSPS) is 16.3. The third kappa shape index (κ3) is 11.5. The van der Waals surface area contributed by atoms with E-state index in [0.717, 1.165) is 43.6 Å². The lowest BCUT2D eigenvalue weighted by molar-refractivity contribution is -0.948. The average molecular weight is 610 g/mol. The van der Waals surface area contributed by atoms with Gasteiger partial charge in [0.15, 0.2) is 0 Å². The Kier molecular flexibility index (Phi) is 13.9. The molecule has 2 aromatic rings. The van der Waals surface area contributed by atoms with Gasteiger partial charge in [-0.25, -0.2) is 4.79 Å². The molecule has 1 N–H and O–H groups in total. The van der Waals surface area contributed by atoms with Crippen molar-refractivity contribution in [2.24, 2.45) is 11.8 Å². The molecular formula is C32H46Cl2N2O5. The number of hydrogen-bond donors (Lipinski definition) is 1. The smallest absolute Gasteiger partial charge is 0.407 e. The van der Waals surface area contributed by atoms with E-state index in [9.17, 15) is 9.59 Å². The van der Waals surface area contributed by atoms with Gasteiger partial charge in [0.2, 0.25) is 6.73 Å². The van der Waals surface area contributed by atoms with E-state index in [4.69, 9.17) is 25.8 Å². The fraction of sp³-hybridized carbons (Fsp3) is 0.562. The van der Waals surface area contributed by atoms with Gasteiger partial charge in [0.25, 0.3) is 0 Å². The van der Waals surface area contributed by atoms with Crippen molar-refractivity contribution < 1.29 is 40.7 Å². The number of nitrogens with zero attached hydrogens (tertiary/aromatic N) is 1. The molecule has 41 heavy (non-hydrogen) atoms. The van der Waals surface area contributed by atoms with Crippen LogP contribution in [-0.2, 0) is 19.0 Å². The summed E-state index contributed by atoms with van der Waals surface area (Å²) >= 11 is 6.14. The summed E-state index contributed by atoms with van der Waals surface area (Å²) in [5, 5.41) is 3.43. The lowest BCUT2D eigenvalue weighted by atomic mass is 9.96. The number of halogens is 2. The second-order valence-electron chi connectivity index (χ2n) is 12.1. The standard InChI is InChI=1S/C32H45ClN2O5.ClH/c1-24(2)28(22-34-31(37)40-32(3,4)5)30(36)39-23-35(18-10-7-11-19-35)20-21-38-29(25-12-8-6-9-13-25)26-14-16-27(33)17-15-26;/h6,8-9,12-17,24,28-29H,7,10-11,18-23H2,1-5H3;1H. The van der Waals surface area contributed by atoms with Crippen LogP contribution in [0.5, 0.6) is 0 Å². The molecule has 0 aromatic heterocycles. The third-order valence-electron chi connectivity index (χ3n) is 7.34. The molecule has 0 spiro atoms. The summed E-state index contributed by atoms with van der Waals surface area (Å²) in [4.78, 5) is 25.3. The number of quaternary nitrogens is 1. The first-order chi connectivity index (χ1) is 19.0. The van der Waals surface area contributed by atoms with Crippen LogP contribution < -0.4 is 17.7 Å². The predicted octanol–water partition coefficient (Wildman–Crippen LogP) is 3.75. The molecular weight excluding hydrogens is 563 g/mol. The molecule has 2 unspecified atom stereocenters. The van der Waals surface area contributed by atoms with E-state index >= 15 is 0 Å². The zero-order valence-electron chi connectivity index (χ0n) is 25.0. The van der Waals surface area contributed by atoms with Gasteiger partial charge in [-0.1, -0.05) is 67.9 Å². The number of piperidine rings is 1. The van der Waals surface area contributed by atoms with Crippen molar-refractivity contribution in [1.82, 2.24) is 5.32 Å². The van der Waals surface area contributed by atoms with Gasteiger partial charge in [-0.05, 0) is 69.2 Å². The highest BCUT2D eigenvalue weighted by molar-refractivity contribution is 6.30. The molecule has 0 aliphatic carbocycles. The van der Waals surface area contributed by atoms with Gasteiger partial charge in [0.1, 0.15) is 18.2 Å². The molecule has 0 radical (unpaired) electrons. The van der Waals surface area contributed by atoms with Crippen molar-refractivity contribution in [2.45, 2.75) is 65.6 Å². The summed E-state index contributed by atoms with van der Waals surface area (Å²) in [5.41, 5.74) is 1.53. The van der Waals surface area contributed by atoms with E-state index in [1.807, 2.05) is 77.1 Å². The molecule has 7 nitrogen and oxygen atoms in total. The van der Waals surface area contributed by atoms with Crippen LogP contribution in [0.15, 0.2) is 54.6 Å². The fourth-order valence-electron chi connectivity index (χ4n) is 5.02. The minimum absolute atomic E-state index is 0. The van der Waals surface area contributed by atoms with Gasteiger partial charge in [-0.3, -0.25) is 9.28 Å².